The highest BCUT2D eigenvalue weighted by molar-refractivity contribution is 14.1. The van der Waals surface area contributed by atoms with E-state index in [1.165, 1.54) is 10.8 Å². The van der Waals surface area contributed by atoms with Crippen molar-refractivity contribution in [3.8, 4) is 11.4 Å². The standard InChI is InChI=1S/C14H9F3IN5/c15-14(16,17)8-3-9(18)12(19-5-8)11-4-10(7-1-2-7)22-13-20-6-21-23(11)13/h3-7H,1-2H2. The summed E-state index contributed by atoms with van der Waals surface area (Å²) in [6.07, 6.45) is -0.0645. The summed E-state index contributed by atoms with van der Waals surface area (Å²) in [5, 5.41) is 4.11. The summed E-state index contributed by atoms with van der Waals surface area (Å²) in [5.41, 5.74) is 1.17. The molecule has 0 bridgehead atoms. The molecule has 0 N–H and O–H groups in total. The lowest BCUT2D eigenvalue weighted by molar-refractivity contribution is -0.137. The van der Waals surface area contributed by atoms with Crippen molar-refractivity contribution in [3.63, 3.8) is 0 Å². The average molecular weight is 431 g/mol. The summed E-state index contributed by atoms with van der Waals surface area (Å²) < 4.78 is 40.3. The van der Waals surface area contributed by atoms with Gasteiger partial charge in [0.1, 0.15) is 12.0 Å². The zero-order valence-corrected chi connectivity index (χ0v) is 13.7. The molecule has 0 spiro atoms. The Labute approximate surface area is 142 Å². The fraction of sp³-hybridized carbons (Fsp3) is 0.286. The Balaban J connectivity index is 1.90. The number of aromatic nitrogens is 5. The molecule has 3 aromatic rings. The van der Waals surface area contributed by atoms with Crippen LogP contribution >= 0.6 is 22.6 Å². The molecule has 23 heavy (non-hydrogen) atoms. The zero-order valence-electron chi connectivity index (χ0n) is 11.5. The van der Waals surface area contributed by atoms with Crippen molar-refractivity contribution in [2.45, 2.75) is 24.9 Å². The molecule has 0 radical (unpaired) electrons. The Morgan fingerprint density at radius 1 is 1.17 bits per heavy atom. The molecule has 0 aliphatic heterocycles. The smallest absolute Gasteiger partial charge is 0.253 e. The van der Waals surface area contributed by atoms with Gasteiger partial charge in [-0.15, -0.1) is 0 Å². The van der Waals surface area contributed by atoms with Crippen molar-refractivity contribution in [3.05, 3.63) is 39.5 Å². The summed E-state index contributed by atoms with van der Waals surface area (Å²) >= 11 is 1.86. The normalized spacial score (nSPS) is 15.3. The number of fused-ring (bicyclic) bond motifs is 1. The highest BCUT2D eigenvalue weighted by Gasteiger charge is 2.32. The molecule has 118 valence electrons. The molecule has 3 aromatic heterocycles. The van der Waals surface area contributed by atoms with Crippen molar-refractivity contribution in [2.75, 3.05) is 0 Å². The summed E-state index contributed by atoms with van der Waals surface area (Å²) in [7, 11) is 0. The molecular formula is C14H9F3IN5. The number of pyridine rings is 1. The van der Waals surface area contributed by atoms with Gasteiger partial charge in [0.25, 0.3) is 5.78 Å². The van der Waals surface area contributed by atoms with Crippen LogP contribution in [0.3, 0.4) is 0 Å². The number of rotatable bonds is 2. The molecule has 5 nitrogen and oxygen atoms in total. The Hall–Kier alpha value is -1.78. The van der Waals surface area contributed by atoms with Gasteiger partial charge in [-0.25, -0.2) is 4.98 Å². The summed E-state index contributed by atoms with van der Waals surface area (Å²) in [6, 6.07) is 2.93. The van der Waals surface area contributed by atoms with Crippen LogP contribution < -0.4 is 0 Å². The van der Waals surface area contributed by atoms with Gasteiger partial charge < -0.3 is 0 Å². The number of alkyl halides is 3. The Kier molecular flexibility index (Phi) is 3.29. The maximum Gasteiger partial charge on any atom is 0.417 e. The minimum Gasteiger partial charge on any atom is -0.253 e. The largest absolute Gasteiger partial charge is 0.417 e. The summed E-state index contributed by atoms with van der Waals surface area (Å²) in [6.45, 7) is 0. The molecule has 0 aromatic carbocycles. The van der Waals surface area contributed by atoms with E-state index < -0.39 is 11.7 Å². The molecule has 9 heteroatoms. The predicted molar refractivity (Wildman–Crippen MR) is 83.7 cm³/mol. The second-order valence-corrected chi connectivity index (χ2v) is 6.53. The van der Waals surface area contributed by atoms with Crippen LogP contribution in [0.1, 0.15) is 30.0 Å². The van der Waals surface area contributed by atoms with Crippen LogP contribution in [0.2, 0.25) is 0 Å². The minimum absolute atomic E-state index is 0.391. The van der Waals surface area contributed by atoms with Gasteiger partial charge in [-0.2, -0.15) is 27.8 Å². The SMILES string of the molecule is FC(F)(F)c1cnc(-c2cc(C3CC3)nc3ncnn23)c(I)c1. The highest BCUT2D eigenvalue weighted by Crippen LogP contribution is 2.40. The van der Waals surface area contributed by atoms with E-state index in [1.807, 2.05) is 28.7 Å². The number of nitrogens with zero attached hydrogens (tertiary/aromatic N) is 5. The maximum absolute atomic E-state index is 12.8. The van der Waals surface area contributed by atoms with Gasteiger partial charge in [-0.1, -0.05) is 0 Å². The van der Waals surface area contributed by atoms with E-state index in [9.17, 15) is 13.2 Å². The van der Waals surface area contributed by atoms with Crippen molar-refractivity contribution in [1.82, 2.24) is 24.6 Å². The van der Waals surface area contributed by atoms with Gasteiger partial charge in [0.05, 0.1) is 11.3 Å². The molecule has 0 unspecified atom stereocenters. The van der Waals surface area contributed by atoms with Gasteiger partial charge in [0, 0.05) is 21.4 Å². The van der Waals surface area contributed by atoms with E-state index in [0.717, 1.165) is 30.8 Å². The van der Waals surface area contributed by atoms with E-state index in [4.69, 9.17) is 0 Å². The highest BCUT2D eigenvalue weighted by atomic mass is 127. The van der Waals surface area contributed by atoms with E-state index >= 15 is 0 Å². The van der Waals surface area contributed by atoms with Crippen LogP contribution in [-0.4, -0.2) is 24.6 Å². The van der Waals surface area contributed by atoms with Crippen molar-refractivity contribution >= 4 is 28.4 Å². The average Bonchev–Trinajstić information content (AvgIpc) is 3.23. The fourth-order valence-electron chi connectivity index (χ4n) is 2.37. The van der Waals surface area contributed by atoms with E-state index in [1.54, 1.807) is 0 Å². The third-order valence-corrected chi connectivity index (χ3v) is 4.50. The van der Waals surface area contributed by atoms with Gasteiger partial charge >= 0.3 is 6.18 Å². The lowest BCUT2D eigenvalue weighted by Crippen LogP contribution is -2.08. The quantitative estimate of drug-likeness (QED) is 0.581. The molecule has 1 fully saturated rings. The zero-order chi connectivity index (χ0) is 16.2. The first-order valence-electron chi connectivity index (χ1n) is 6.87. The van der Waals surface area contributed by atoms with Crippen molar-refractivity contribution < 1.29 is 13.2 Å². The maximum atomic E-state index is 12.8. The predicted octanol–water partition coefficient (Wildman–Crippen LogP) is 3.69. The Morgan fingerprint density at radius 3 is 2.61 bits per heavy atom. The topological polar surface area (TPSA) is 56.0 Å². The van der Waals surface area contributed by atoms with E-state index in [0.29, 0.717) is 26.7 Å². The lowest BCUT2D eigenvalue weighted by Gasteiger charge is -2.11. The molecule has 4 rings (SSSR count). The van der Waals surface area contributed by atoms with E-state index in [2.05, 4.69) is 20.1 Å². The molecule has 3 heterocycles. The monoisotopic (exact) mass is 431 g/mol. The fourth-order valence-corrected chi connectivity index (χ4v) is 3.12. The van der Waals surface area contributed by atoms with Crippen LogP contribution in [0.5, 0.6) is 0 Å². The number of hydrogen-bond donors (Lipinski definition) is 0. The number of halogens is 4. The first-order valence-corrected chi connectivity index (χ1v) is 7.95. The first-order chi connectivity index (χ1) is 10.9. The number of hydrogen-bond acceptors (Lipinski definition) is 4. The van der Waals surface area contributed by atoms with Crippen LogP contribution in [0, 0.1) is 3.57 Å². The Morgan fingerprint density at radius 2 is 1.96 bits per heavy atom. The van der Waals surface area contributed by atoms with Crippen LogP contribution in [0.4, 0.5) is 13.2 Å². The summed E-state index contributed by atoms with van der Waals surface area (Å²) in [4.78, 5) is 12.6. The second kappa shape index (κ2) is 5.11. The van der Waals surface area contributed by atoms with Gasteiger partial charge in [0.15, 0.2) is 0 Å². The Bertz CT molecular complexity index is 901. The minimum atomic E-state index is -4.41. The molecule has 1 saturated carbocycles. The van der Waals surface area contributed by atoms with Gasteiger partial charge in [-0.3, -0.25) is 4.98 Å². The third kappa shape index (κ3) is 2.66. The lowest BCUT2D eigenvalue weighted by atomic mass is 10.1. The van der Waals surface area contributed by atoms with Crippen molar-refractivity contribution in [1.29, 1.82) is 0 Å². The van der Waals surface area contributed by atoms with Crippen LogP contribution in [0.25, 0.3) is 17.2 Å². The van der Waals surface area contributed by atoms with Crippen LogP contribution in [0.15, 0.2) is 24.7 Å². The molecule has 0 atom stereocenters. The van der Waals surface area contributed by atoms with Gasteiger partial charge in [0.2, 0.25) is 0 Å². The molecule has 0 amide bonds. The summed E-state index contributed by atoms with van der Waals surface area (Å²) in [5.74, 6) is 0.824. The van der Waals surface area contributed by atoms with E-state index in [-0.39, 0.29) is 0 Å². The third-order valence-electron chi connectivity index (χ3n) is 3.68. The molecule has 1 aliphatic rings. The van der Waals surface area contributed by atoms with Gasteiger partial charge in [-0.05, 0) is 47.6 Å². The molecule has 0 saturated heterocycles. The first kappa shape index (κ1) is 14.8. The molecule has 1 aliphatic carbocycles. The molecular weight excluding hydrogens is 422 g/mol. The van der Waals surface area contributed by atoms with Crippen LogP contribution in [-0.2, 0) is 6.18 Å². The van der Waals surface area contributed by atoms with Crippen molar-refractivity contribution in [2.24, 2.45) is 0 Å². The second-order valence-electron chi connectivity index (χ2n) is 5.36.